The lowest BCUT2D eigenvalue weighted by Gasteiger charge is -2.09. The van der Waals surface area contributed by atoms with Gasteiger partial charge in [-0.3, -0.25) is 4.79 Å². The highest BCUT2D eigenvalue weighted by molar-refractivity contribution is 6.03. The molecule has 98 valence electrons. The molecule has 1 heteroatoms. The summed E-state index contributed by atoms with van der Waals surface area (Å²) < 4.78 is 0. The van der Waals surface area contributed by atoms with Crippen molar-refractivity contribution < 1.29 is 4.79 Å². The fraction of sp³-hybridized carbons (Fsp3) is 0.167. The first-order valence-electron chi connectivity index (χ1n) is 6.33. The van der Waals surface area contributed by atoms with Gasteiger partial charge in [0.15, 0.2) is 5.78 Å². The van der Waals surface area contributed by atoms with Crippen molar-refractivity contribution in [3.05, 3.63) is 77.4 Å². The van der Waals surface area contributed by atoms with Gasteiger partial charge < -0.3 is 0 Å². The number of benzene rings is 1. The van der Waals surface area contributed by atoms with Gasteiger partial charge in [0, 0.05) is 5.57 Å². The number of carbonyl (C=O) groups excluding carboxylic acids is 1. The summed E-state index contributed by atoms with van der Waals surface area (Å²) in [6.07, 6.45) is 7.69. The van der Waals surface area contributed by atoms with Crippen LogP contribution in [0.1, 0.15) is 26.3 Å². The predicted octanol–water partition coefficient (Wildman–Crippen LogP) is 4.74. The average Bonchev–Trinajstić information content (AvgIpc) is 2.38. The van der Waals surface area contributed by atoms with Crippen molar-refractivity contribution in [2.45, 2.75) is 20.8 Å². The molecule has 0 aliphatic rings. The number of Topliss-reactive ketones (excluding diaryl/α,β-unsaturated/α-hetero) is 1. The molecule has 1 aromatic carbocycles. The molecular weight excluding hydrogens is 232 g/mol. The fourth-order valence-corrected chi connectivity index (χ4v) is 1.74. The van der Waals surface area contributed by atoms with Gasteiger partial charge >= 0.3 is 0 Å². The van der Waals surface area contributed by atoms with Crippen LogP contribution in [0.2, 0.25) is 0 Å². The molecule has 1 aromatic rings. The van der Waals surface area contributed by atoms with Crippen LogP contribution < -0.4 is 0 Å². The van der Waals surface area contributed by atoms with Gasteiger partial charge in [-0.05, 0) is 38.0 Å². The number of rotatable bonds is 5. The van der Waals surface area contributed by atoms with Crippen molar-refractivity contribution in [2.75, 3.05) is 0 Å². The van der Waals surface area contributed by atoms with Crippen LogP contribution in [0, 0.1) is 0 Å². The van der Waals surface area contributed by atoms with Gasteiger partial charge in [0.2, 0.25) is 0 Å². The molecular formula is C18H20O. The first kappa shape index (κ1) is 14.9. The molecule has 0 aliphatic heterocycles. The van der Waals surface area contributed by atoms with Gasteiger partial charge in [0.1, 0.15) is 0 Å². The van der Waals surface area contributed by atoms with Crippen molar-refractivity contribution >= 4 is 11.9 Å². The van der Waals surface area contributed by atoms with E-state index >= 15 is 0 Å². The summed E-state index contributed by atoms with van der Waals surface area (Å²) in [4.78, 5) is 11.9. The van der Waals surface area contributed by atoms with Gasteiger partial charge in [-0.15, -0.1) is 0 Å². The van der Waals surface area contributed by atoms with Crippen molar-refractivity contribution in [2.24, 2.45) is 0 Å². The first-order valence-corrected chi connectivity index (χ1v) is 6.33. The summed E-state index contributed by atoms with van der Waals surface area (Å²) in [7, 11) is 0. The molecule has 0 fully saturated rings. The van der Waals surface area contributed by atoms with Gasteiger partial charge in [0.05, 0.1) is 0 Å². The minimum absolute atomic E-state index is 0.0441. The molecule has 0 unspecified atom stereocenters. The lowest BCUT2D eigenvalue weighted by molar-refractivity contribution is -0.113. The van der Waals surface area contributed by atoms with Crippen molar-refractivity contribution in [1.29, 1.82) is 0 Å². The quantitative estimate of drug-likeness (QED) is 0.546. The minimum Gasteiger partial charge on any atom is -0.294 e. The summed E-state index contributed by atoms with van der Waals surface area (Å²) in [5.74, 6) is 0.0441. The zero-order chi connectivity index (χ0) is 14.3. The van der Waals surface area contributed by atoms with E-state index in [4.69, 9.17) is 0 Å². The zero-order valence-corrected chi connectivity index (χ0v) is 11.8. The van der Waals surface area contributed by atoms with Gasteiger partial charge in [0.25, 0.3) is 0 Å². The summed E-state index contributed by atoms with van der Waals surface area (Å²) in [6, 6.07) is 9.84. The first-order chi connectivity index (χ1) is 9.06. The maximum absolute atomic E-state index is 11.9. The van der Waals surface area contributed by atoms with Crippen LogP contribution in [0.3, 0.4) is 0 Å². The standard InChI is InChI=1S/C18H20O/c1-5-6-12-17(14(2)3)18(15(4)19)13-16-10-8-7-9-11-16/h5-13H,2H2,1,3-4H3. The monoisotopic (exact) mass is 252 g/mol. The van der Waals surface area contributed by atoms with E-state index in [0.717, 1.165) is 16.7 Å². The minimum atomic E-state index is 0.0441. The highest BCUT2D eigenvalue weighted by Gasteiger charge is 2.10. The van der Waals surface area contributed by atoms with Gasteiger partial charge in [-0.1, -0.05) is 60.7 Å². The van der Waals surface area contributed by atoms with Crippen LogP contribution in [0.5, 0.6) is 0 Å². The summed E-state index contributed by atoms with van der Waals surface area (Å²) in [6.45, 7) is 9.40. The van der Waals surface area contributed by atoms with Crippen LogP contribution >= 0.6 is 0 Å². The third kappa shape index (κ3) is 4.55. The zero-order valence-electron chi connectivity index (χ0n) is 11.8. The summed E-state index contributed by atoms with van der Waals surface area (Å²) in [5.41, 5.74) is 3.47. The second-order valence-electron chi connectivity index (χ2n) is 4.41. The molecule has 0 radical (unpaired) electrons. The number of ketones is 1. The largest absolute Gasteiger partial charge is 0.294 e. The SMILES string of the molecule is C=C(C)C(=CC=CC)C(=Cc1ccccc1)C(C)=O. The summed E-state index contributed by atoms with van der Waals surface area (Å²) in [5, 5.41) is 0. The molecule has 19 heavy (non-hydrogen) atoms. The Kier molecular flexibility index (Phi) is 5.74. The van der Waals surface area contributed by atoms with Gasteiger partial charge in [-0.25, -0.2) is 0 Å². The Bertz CT molecular complexity index is 542. The number of carbonyl (C=O) groups is 1. The number of hydrogen-bond donors (Lipinski definition) is 0. The predicted molar refractivity (Wildman–Crippen MR) is 82.8 cm³/mol. The molecule has 0 aromatic heterocycles. The second-order valence-corrected chi connectivity index (χ2v) is 4.41. The summed E-state index contributed by atoms with van der Waals surface area (Å²) >= 11 is 0. The van der Waals surface area contributed by atoms with Crippen LogP contribution in [-0.2, 0) is 4.79 Å². The topological polar surface area (TPSA) is 17.1 Å². The second kappa shape index (κ2) is 7.32. The maximum atomic E-state index is 11.9. The van der Waals surface area contributed by atoms with E-state index in [1.807, 2.05) is 68.5 Å². The molecule has 0 saturated carbocycles. The van der Waals surface area contributed by atoms with Crippen LogP contribution in [0.25, 0.3) is 6.08 Å². The van der Waals surface area contributed by atoms with Crippen molar-refractivity contribution in [1.82, 2.24) is 0 Å². The normalized spacial score (nSPS) is 12.8. The third-order valence-corrected chi connectivity index (χ3v) is 2.70. The van der Waals surface area contributed by atoms with Crippen LogP contribution in [0.4, 0.5) is 0 Å². The maximum Gasteiger partial charge on any atom is 0.160 e. The molecule has 1 nitrogen and oxygen atoms in total. The lowest BCUT2D eigenvalue weighted by atomic mass is 9.94. The average molecular weight is 252 g/mol. The molecule has 0 spiro atoms. The van der Waals surface area contributed by atoms with E-state index < -0.39 is 0 Å². The lowest BCUT2D eigenvalue weighted by Crippen LogP contribution is -2.01. The van der Waals surface area contributed by atoms with E-state index in [1.54, 1.807) is 6.92 Å². The highest BCUT2D eigenvalue weighted by Crippen LogP contribution is 2.22. The molecule has 0 aliphatic carbocycles. The Morgan fingerprint density at radius 2 is 1.74 bits per heavy atom. The van der Waals surface area contributed by atoms with E-state index in [1.165, 1.54) is 0 Å². The van der Waals surface area contributed by atoms with Crippen molar-refractivity contribution in [3.8, 4) is 0 Å². The Hall–Kier alpha value is -2.15. The number of hydrogen-bond acceptors (Lipinski definition) is 1. The van der Waals surface area contributed by atoms with E-state index in [2.05, 4.69) is 6.58 Å². The molecule has 0 bridgehead atoms. The molecule has 0 amide bonds. The smallest absolute Gasteiger partial charge is 0.160 e. The van der Waals surface area contributed by atoms with Crippen LogP contribution in [0.15, 0.2) is 71.9 Å². The molecule has 0 heterocycles. The molecule has 0 atom stereocenters. The van der Waals surface area contributed by atoms with E-state index in [0.29, 0.717) is 5.57 Å². The fourth-order valence-electron chi connectivity index (χ4n) is 1.74. The van der Waals surface area contributed by atoms with Crippen molar-refractivity contribution in [3.63, 3.8) is 0 Å². The van der Waals surface area contributed by atoms with Crippen LogP contribution in [-0.4, -0.2) is 5.78 Å². The van der Waals surface area contributed by atoms with Gasteiger partial charge in [-0.2, -0.15) is 0 Å². The Morgan fingerprint density at radius 1 is 1.11 bits per heavy atom. The Labute approximate surface area is 115 Å². The molecule has 0 N–H and O–H groups in total. The highest BCUT2D eigenvalue weighted by atomic mass is 16.1. The third-order valence-electron chi connectivity index (χ3n) is 2.70. The number of allylic oxidation sites excluding steroid dienone is 6. The van der Waals surface area contributed by atoms with E-state index in [-0.39, 0.29) is 5.78 Å². The molecule has 1 rings (SSSR count). The van der Waals surface area contributed by atoms with E-state index in [9.17, 15) is 4.79 Å². The molecule has 0 saturated heterocycles. The Balaban J connectivity index is 3.30. The Morgan fingerprint density at radius 3 is 2.21 bits per heavy atom.